The van der Waals surface area contributed by atoms with E-state index in [9.17, 15) is 0 Å². The number of pyridine rings is 1. The number of rotatable bonds is 7. The fourth-order valence-corrected chi connectivity index (χ4v) is 8.03. The lowest BCUT2D eigenvalue weighted by atomic mass is 9.92. The molecule has 0 amide bonds. The van der Waals surface area contributed by atoms with E-state index in [2.05, 4.69) is 121 Å². The first-order valence-corrected chi connectivity index (χ1v) is 20.0. The standard InChI is InChI=1S/C54H34N6/c1-6-19-35(20-7-1)43-34-44-46(51-50(43)56-48(36-21-8-2-9-22-36)49(57-51)37-23-10-3-11-24-37)42-31-16-17-32-45(42)55-47(44)40-29-18-30-41(33-40)54-59-52(38-25-12-4-13-26-38)58-53(60-54)39-27-14-5-15-28-39/h1-34H. The first-order valence-electron chi connectivity index (χ1n) is 20.0. The van der Waals surface area contributed by atoms with Gasteiger partial charge in [-0.05, 0) is 23.8 Å². The van der Waals surface area contributed by atoms with Crippen molar-refractivity contribution in [3.8, 4) is 79.1 Å². The van der Waals surface area contributed by atoms with E-state index in [1.807, 2.05) is 84.9 Å². The topological polar surface area (TPSA) is 77.3 Å². The summed E-state index contributed by atoms with van der Waals surface area (Å²) in [5, 5.41) is 2.98. The molecule has 0 saturated carbocycles. The molecule has 0 spiro atoms. The quantitative estimate of drug-likeness (QED) is 0.150. The van der Waals surface area contributed by atoms with E-state index in [0.29, 0.717) is 17.5 Å². The van der Waals surface area contributed by atoms with Crippen molar-refractivity contribution in [2.75, 3.05) is 0 Å². The zero-order valence-electron chi connectivity index (χ0n) is 32.3. The Kier molecular flexibility index (Phi) is 8.71. The molecule has 8 aromatic carbocycles. The normalized spacial score (nSPS) is 11.3. The van der Waals surface area contributed by atoms with Crippen molar-refractivity contribution in [3.05, 3.63) is 206 Å². The lowest BCUT2D eigenvalue weighted by molar-refractivity contribution is 1.07. The minimum atomic E-state index is 0.580. The minimum absolute atomic E-state index is 0.580. The Morgan fingerprint density at radius 1 is 0.250 bits per heavy atom. The van der Waals surface area contributed by atoms with Gasteiger partial charge in [-0.1, -0.05) is 188 Å². The Morgan fingerprint density at radius 3 is 1.25 bits per heavy atom. The van der Waals surface area contributed by atoms with Crippen molar-refractivity contribution >= 4 is 32.7 Å². The van der Waals surface area contributed by atoms with Crippen molar-refractivity contribution < 1.29 is 0 Å². The van der Waals surface area contributed by atoms with Gasteiger partial charge in [0, 0.05) is 55.1 Å². The first-order chi connectivity index (χ1) is 29.7. The highest BCUT2D eigenvalue weighted by molar-refractivity contribution is 6.24. The number of para-hydroxylation sites is 1. The number of hydrogen-bond donors (Lipinski definition) is 0. The Hall–Kier alpha value is -8.22. The van der Waals surface area contributed by atoms with Crippen LogP contribution in [0.1, 0.15) is 0 Å². The minimum Gasteiger partial charge on any atom is -0.247 e. The second-order valence-corrected chi connectivity index (χ2v) is 14.7. The lowest BCUT2D eigenvalue weighted by Gasteiger charge is -2.18. The van der Waals surface area contributed by atoms with E-state index in [1.54, 1.807) is 0 Å². The molecule has 0 saturated heterocycles. The van der Waals surface area contributed by atoms with Gasteiger partial charge in [-0.3, -0.25) is 0 Å². The van der Waals surface area contributed by atoms with Crippen LogP contribution in [-0.4, -0.2) is 29.9 Å². The fourth-order valence-electron chi connectivity index (χ4n) is 8.03. The van der Waals surface area contributed by atoms with E-state index < -0.39 is 0 Å². The second kappa shape index (κ2) is 14.9. The Bertz CT molecular complexity index is 3280. The lowest BCUT2D eigenvalue weighted by Crippen LogP contribution is -2.01. The summed E-state index contributed by atoms with van der Waals surface area (Å²) in [6.07, 6.45) is 0. The van der Waals surface area contributed by atoms with Crippen LogP contribution in [-0.2, 0) is 0 Å². The predicted molar refractivity (Wildman–Crippen MR) is 244 cm³/mol. The molecule has 0 N–H and O–H groups in total. The highest BCUT2D eigenvalue weighted by Gasteiger charge is 2.22. The molecule has 280 valence electrons. The van der Waals surface area contributed by atoms with Gasteiger partial charge >= 0.3 is 0 Å². The van der Waals surface area contributed by atoms with Gasteiger partial charge in [0.05, 0.1) is 33.6 Å². The van der Waals surface area contributed by atoms with Crippen LogP contribution < -0.4 is 0 Å². The summed E-state index contributed by atoms with van der Waals surface area (Å²) in [5.74, 6) is 1.80. The third-order valence-electron chi connectivity index (χ3n) is 10.9. The number of aromatic nitrogens is 6. The zero-order chi connectivity index (χ0) is 39.8. The molecule has 3 heterocycles. The fraction of sp³-hybridized carbons (Fsp3) is 0. The molecule has 3 aromatic heterocycles. The van der Waals surface area contributed by atoms with Crippen molar-refractivity contribution in [1.82, 2.24) is 29.9 Å². The number of hydrogen-bond acceptors (Lipinski definition) is 6. The summed E-state index contributed by atoms with van der Waals surface area (Å²) in [7, 11) is 0. The molecule has 0 aliphatic rings. The highest BCUT2D eigenvalue weighted by atomic mass is 15.0. The number of benzene rings is 8. The molecule has 60 heavy (non-hydrogen) atoms. The van der Waals surface area contributed by atoms with Crippen LogP contribution in [0.3, 0.4) is 0 Å². The van der Waals surface area contributed by atoms with Gasteiger partial charge in [0.15, 0.2) is 17.5 Å². The summed E-state index contributed by atoms with van der Waals surface area (Å²) in [4.78, 5) is 31.7. The molecule has 0 aliphatic heterocycles. The van der Waals surface area contributed by atoms with Gasteiger partial charge in [-0.25, -0.2) is 29.9 Å². The maximum absolute atomic E-state index is 5.65. The zero-order valence-corrected chi connectivity index (χ0v) is 32.3. The van der Waals surface area contributed by atoms with Gasteiger partial charge in [0.2, 0.25) is 0 Å². The third kappa shape index (κ3) is 6.33. The summed E-state index contributed by atoms with van der Waals surface area (Å²) in [6, 6.07) is 70.2. The van der Waals surface area contributed by atoms with Gasteiger partial charge in [-0.2, -0.15) is 0 Å². The van der Waals surface area contributed by atoms with Gasteiger partial charge in [-0.15, -0.1) is 0 Å². The summed E-state index contributed by atoms with van der Waals surface area (Å²) in [6.45, 7) is 0. The first kappa shape index (κ1) is 35.0. The van der Waals surface area contributed by atoms with E-state index in [0.717, 1.165) is 94.3 Å². The van der Waals surface area contributed by atoms with E-state index in [4.69, 9.17) is 29.9 Å². The molecule has 6 heteroatoms. The molecule has 11 aromatic rings. The number of fused-ring (bicyclic) bond motifs is 5. The SMILES string of the molecule is c1ccc(-c2nc(-c3ccccc3)nc(-c3cccc(-c4nc5ccccc5c5c4cc(-c4ccccc4)c4nc(-c6ccccc6)c(-c6ccccc6)nc45)c3)n2)cc1. The maximum Gasteiger partial charge on any atom is 0.164 e. The van der Waals surface area contributed by atoms with Crippen LogP contribution in [0.2, 0.25) is 0 Å². The highest BCUT2D eigenvalue weighted by Crippen LogP contribution is 2.43. The smallest absolute Gasteiger partial charge is 0.164 e. The molecule has 6 nitrogen and oxygen atoms in total. The Morgan fingerprint density at radius 2 is 0.683 bits per heavy atom. The van der Waals surface area contributed by atoms with E-state index in [1.165, 1.54) is 0 Å². The molecule has 0 radical (unpaired) electrons. The van der Waals surface area contributed by atoms with Crippen molar-refractivity contribution in [2.24, 2.45) is 0 Å². The largest absolute Gasteiger partial charge is 0.247 e. The van der Waals surface area contributed by atoms with Crippen LogP contribution in [0.4, 0.5) is 0 Å². The van der Waals surface area contributed by atoms with Crippen LogP contribution in [0.15, 0.2) is 206 Å². The van der Waals surface area contributed by atoms with Crippen molar-refractivity contribution in [2.45, 2.75) is 0 Å². The molecule has 0 aliphatic carbocycles. The molecule has 11 rings (SSSR count). The number of nitrogens with zero attached hydrogens (tertiary/aromatic N) is 6. The van der Waals surface area contributed by atoms with Crippen LogP contribution in [0, 0.1) is 0 Å². The predicted octanol–water partition coefficient (Wildman–Crippen LogP) is 13.2. The third-order valence-corrected chi connectivity index (χ3v) is 10.9. The maximum atomic E-state index is 5.65. The molecule has 0 atom stereocenters. The van der Waals surface area contributed by atoms with E-state index >= 15 is 0 Å². The van der Waals surface area contributed by atoms with Gasteiger partial charge < -0.3 is 0 Å². The Balaban J connectivity index is 1.20. The molecule has 0 fully saturated rings. The average molecular weight is 767 g/mol. The second-order valence-electron chi connectivity index (χ2n) is 14.7. The van der Waals surface area contributed by atoms with Crippen LogP contribution in [0.25, 0.3) is 112 Å². The van der Waals surface area contributed by atoms with Crippen molar-refractivity contribution in [1.29, 1.82) is 0 Å². The molecule has 0 bridgehead atoms. The summed E-state index contributed by atoms with van der Waals surface area (Å²) >= 11 is 0. The monoisotopic (exact) mass is 766 g/mol. The van der Waals surface area contributed by atoms with Gasteiger partial charge in [0.25, 0.3) is 0 Å². The Labute approximate surface area is 346 Å². The van der Waals surface area contributed by atoms with Gasteiger partial charge in [0.1, 0.15) is 0 Å². The van der Waals surface area contributed by atoms with Crippen LogP contribution in [0.5, 0.6) is 0 Å². The average Bonchev–Trinajstić information content (AvgIpc) is 3.34. The van der Waals surface area contributed by atoms with Crippen molar-refractivity contribution in [3.63, 3.8) is 0 Å². The molecular formula is C54H34N6. The summed E-state index contributed by atoms with van der Waals surface area (Å²) < 4.78 is 0. The van der Waals surface area contributed by atoms with Crippen LogP contribution >= 0.6 is 0 Å². The molecular weight excluding hydrogens is 733 g/mol. The van der Waals surface area contributed by atoms with E-state index in [-0.39, 0.29) is 0 Å². The molecule has 0 unspecified atom stereocenters. The summed E-state index contributed by atoms with van der Waals surface area (Å²) in [5.41, 5.74) is 12.7.